The van der Waals surface area contributed by atoms with Crippen molar-refractivity contribution in [2.24, 2.45) is 0 Å². The fourth-order valence-electron chi connectivity index (χ4n) is 4.34. The number of unbranched alkanes of at least 4 members (excludes halogenated alkanes) is 3. The third-order valence-electron chi connectivity index (χ3n) is 5.90. The van der Waals surface area contributed by atoms with Crippen molar-refractivity contribution in [2.75, 3.05) is 38.5 Å². The Hall–Kier alpha value is 0.411. The third-order valence-corrected chi connectivity index (χ3v) is 20.5. The minimum absolute atomic E-state index is 0.602. The Kier molecular flexibility index (Phi) is 16.9. The largest absolute Gasteiger partial charge is 0.413 e. The summed E-state index contributed by atoms with van der Waals surface area (Å²) in [4.78, 5) is 0. The van der Waals surface area contributed by atoms with E-state index in [0.29, 0.717) is 18.7 Å². The van der Waals surface area contributed by atoms with Crippen LogP contribution in [0, 0.1) is 0 Å². The second kappa shape index (κ2) is 17.8. The van der Waals surface area contributed by atoms with Crippen LogP contribution in [0.3, 0.4) is 0 Å². The molecule has 198 valence electrons. The van der Waals surface area contributed by atoms with Gasteiger partial charge in [0.25, 0.3) is 0 Å². The molecular formula is C24H54O6Si3. The molecule has 33 heavy (non-hydrogen) atoms. The van der Waals surface area contributed by atoms with Crippen molar-refractivity contribution >= 4 is 25.7 Å². The predicted octanol–water partition coefficient (Wildman–Crippen LogP) is 6.67. The Morgan fingerprint density at radius 1 is 0.424 bits per heavy atom. The van der Waals surface area contributed by atoms with Crippen molar-refractivity contribution in [1.29, 1.82) is 0 Å². The average Bonchev–Trinajstić information content (AvgIpc) is 2.78. The molecule has 1 aliphatic rings. The van der Waals surface area contributed by atoms with Gasteiger partial charge in [0.2, 0.25) is 0 Å². The van der Waals surface area contributed by atoms with Crippen molar-refractivity contribution < 1.29 is 26.6 Å². The topological polar surface area (TPSA) is 55.4 Å². The monoisotopic (exact) mass is 522 g/mol. The van der Waals surface area contributed by atoms with E-state index in [1.54, 1.807) is 0 Å². The maximum absolute atomic E-state index is 7.09. The van der Waals surface area contributed by atoms with Crippen molar-refractivity contribution in [3.8, 4) is 0 Å². The average molecular weight is 523 g/mol. The van der Waals surface area contributed by atoms with Crippen LogP contribution in [0.4, 0.5) is 0 Å². The quantitative estimate of drug-likeness (QED) is 0.124. The smallest absolute Gasteiger partial charge is 0.347 e. The van der Waals surface area contributed by atoms with Crippen LogP contribution >= 0.6 is 0 Å². The maximum Gasteiger partial charge on any atom is 0.347 e. The minimum atomic E-state index is -2.60. The van der Waals surface area contributed by atoms with E-state index in [1.165, 1.54) is 0 Å². The summed E-state index contributed by atoms with van der Waals surface area (Å²) in [7, 11) is -7.80. The van der Waals surface area contributed by atoms with Gasteiger partial charge in [-0.1, -0.05) is 80.1 Å². The lowest BCUT2D eigenvalue weighted by Gasteiger charge is -2.53. The van der Waals surface area contributed by atoms with Crippen LogP contribution in [0.1, 0.15) is 99.3 Å². The van der Waals surface area contributed by atoms with Gasteiger partial charge in [0.15, 0.2) is 0 Å². The summed E-state index contributed by atoms with van der Waals surface area (Å²) < 4.78 is 39.9. The lowest BCUT2D eigenvalue weighted by atomic mass is 10.4. The molecule has 1 rings (SSSR count). The highest BCUT2D eigenvalue weighted by Crippen LogP contribution is 2.39. The highest BCUT2D eigenvalue weighted by Gasteiger charge is 2.62. The summed E-state index contributed by atoms with van der Waals surface area (Å²) in [5.74, 6) is 0. The first kappa shape index (κ1) is 31.4. The Balaban J connectivity index is 3.25. The molecular weight excluding hydrogens is 469 g/mol. The number of rotatable bonds is 21. The fraction of sp³-hybridized carbons (Fsp3) is 1.00. The second-order valence-electron chi connectivity index (χ2n) is 9.51. The zero-order valence-corrected chi connectivity index (χ0v) is 25.7. The highest BCUT2D eigenvalue weighted by atomic mass is 28.5. The first-order valence-electron chi connectivity index (χ1n) is 13.8. The summed E-state index contributed by atoms with van der Waals surface area (Å²) in [6.45, 7) is 15.6. The molecule has 0 aromatic heterocycles. The van der Waals surface area contributed by atoms with Crippen molar-refractivity contribution in [1.82, 2.24) is 0 Å². The SMILES string of the molecule is CCCCOC[Si]1(CCC)O[Si](CCC)(COCCCC)O[Si](CCC)(COCCCC)O1. The van der Waals surface area contributed by atoms with Crippen LogP contribution in [-0.2, 0) is 26.6 Å². The van der Waals surface area contributed by atoms with E-state index in [9.17, 15) is 0 Å². The maximum atomic E-state index is 7.09. The molecule has 0 bridgehead atoms. The lowest BCUT2D eigenvalue weighted by molar-refractivity contribution is 0.0815. The van der Waals surface area contributed by atoms with Gasteiger partial charge in [-0.2, -0.15) is 0 Å². The van der Waals surface area contributed by atoms with Crippen LogP contribution in [0.25, 0.3) is 0 Å². The molecule has 1 saturated heterocycles. The molecule has 0 aromatic carbocycles. The molecule has 0 spiro atoms. The molecule has 9 heteroatoms. The Bertz CT molecular complexity index is 411. The number of ether oxygens (including phenoxy) is 3. The van der Waals surface area contributed by atoms with Gasteiger partial charge < -0.3 is 26.6 Å². The first-order chi connectivity index (χ1) is 16.0. The summed E-state index contributed by atoms with van der Waals surface area (Å²) in [6.07, 6.45) is 11.5. The molecule has 0 radical (unpaired) electrons. The van der Waals surface area contributed by atoms with Gasteiger partial charge in [0, 0.05) is 19.8 Å². The van der Waals surface area contributed by atoms with Crippen molar-refractivity contribution in [3.63, 3.8) is 0 Å². The molecule has 0 N–H and O–H groups in total. The zero-order valence-electron chi connectivity index (χ0n) is 22.7. The van der Waals surface area contributed by atoms with E-state index in [4.69, 9.17) is 26.6 Å². The molecule has 0 unspecified atom stereocenters. The molecule has 0 atom stereocenters. The molecule has 6 nitrogen and oxygen atoms in total. The van der Waals surface area contributed by atoms with Crippen LogP contribution in [0.2, 0.25) is 18.1 Å². The van der Waals surface area contributed by atoms with Crippen LogP contribution in [0.15, 0.2) is 0 Å². The third kappa shape index (κ3) is 11.3. The Labute approximate surface area is 208 Å². The molecule has 0 aliphatic carbocycles. The van der Waals surface area contributed by atoms with E-state index >= 15 is 0 Å². The van der Waals surface area contributed by atoms with E-state index in [0.717, 1.165) is 95.7 Å². The molecule has 0 amide bonds. The number of hydrogen-bond donors (Lipinski definition) is 0. The minimum Gasteiger partial charge on any atom is -0.413 e. The summed E-state index contributed by atoms with van der Waals surface area (Å²) in [5, 5.41) is 0. The molecule has 0 saturated carbocycles. The predicted molar refractivity (Wildman–Crippen MR) is 143 cm³/mol. The lowest BCUT2D eigenvalue weighted by Crippen LogP contribution is -2.74. The second-order valence-corrected chi connectivity index (χ2v) is 19.8. The van der Waals surface area contributed by atoms with E-state index in [2.05, 4.69) is 41.5 Å². The summed E-state index contributed by atoms with van der Waals surface area (Å²) in [5.41, 5.74) is 0. The van der Waals surface area contributed by atoms with E-state index in [-0.39, 0.29) is 0 Å². The van der Waals surface area contributed by atoms with Gasteiger partial charge in [-0.05, 0) is 37.4 Å². The van der Waals surface area contributed by atoms with Crippen molar-refractivity contribution in [3.05, 3.63) is 0 Å². The van der Waals surface area contributed by atoms with Gasteiger partial charge >= 0.3 is 25.7 Å². The number of hydrogen-bond acceptors (Lipinski definition) is 6. The van der Waals surface area contributed by atoms with E-state index in [1.807, 2.05) is 0 Å². The first-order valence-corrected chi connectivity index (χ1v) is 20.5. The van der Waals surface area contributed by atoms with Crippen molar-refractivity contribution in [2.45, 2.75) is 117 Å². The van der Waals surface area contributed by atoms with Crippen LogP contribution in [0.5, 0.6) is 0 Å². The molecule has 1 heterocycles. The standard InChI is InChI=1S/C24H54O6Si3/c1-7-13-16-25-22-31(19-10-4)28-32(20-11-5,23-26-17-14-8-2)30-33(29-31,21-12-6)24-27-18-15-9-3/h7-24H2,1-6H3. The van der Waals surface area contributed by atoms with E-state index < -0.39 is 25.7 Å². The summed E-state index contributed by atoms with van der Waals surface area (Å²) in [6, 6.07) is 2.84. The van der Waals surface area contributed by atoms with Crippen LogP contribution in [-0.4, -0.2) is 64.2 Å². The van der Waals surface area contributed by atoms with Gasteiger partial charge in [0.1, 0.15) is 0 Å². The Morgan fingerprint density at radius 3 is 0.909 bits per heavy atom. The summed E-state index contributed by atoms with van der Waals surface area (Å²) >= 11 is 0. The van der Waals surface area contributed by atoms with Gasteiger partial charge in [-0.25, -0.2) is 0 Å². The molecule has 1 aliphatic heterocycles. The highest BCUT2D eigenvalue weighted by molar-refractivity contribution is 6.94. The van der Waals surface area contributed by atoms with Gasteiger partial charge in [0.05, 0.1) is 18.7 Å². The molecule has 1 fully saturated rings. The van der Waals surface area contributed by atoms with Gasteiger partial charge in [-0.15, -0.1) is 0 Å². The van der Waals surface area contributed by atoms with Crippen LogP contribution < -0.4 is 0 Å². The molecule has 0 aromatic rings. The zero-order chi connectivity index (χ0) is 24.5. The normalized spacial score (nSPS) is 27.8. The Morgan fingerprint density at radius 2 is 0.697 bits per heavy atom. The fourth-order valence-corrected chi connectivity index (χ4v) is 22.1. The van der Waals surface area contributed by atoms with Gasteiger partial charge in [-0.3, -0.25) is 0 Å².